The van der Waals surface area contributed by atoms with E-state index in [-0.39, 0.29) is 21.7 Å². The standard InChI is InChI=1S/C23H27N3O7S/c1-26(2)10-9-24-22-23(25-21(33-22)15-5-7-17(29-3)19(13-15)30-4)34(27,28)16-6-8-18-20(14-16)32-12-11-31-18/h5-8,13-14,24H,9-12H2,1-4H3. The van der Waals surface area contributed by atoms with Gasteiger partial charge in [0.05, 0.1) is 19.1 Å². The molecule has 0 aliphatic carbocycles. The molecule has 0 atom stereocenters. The van der Waals surface area contributed by atoms with Crippen LogP contribution >= 0.6 is 0 Å². The first-order valence-corrected chi connectivity index (χ1v) is 12.1. The van der Waals surface area contributed by atoms with E-state index >= 15 is 0 Å². The summed E-state index contributed by atoms with van der Waals surface area (Å²) in [5.74, 6) is 2.06. The Morgan fingerprint density at radius 2 is 1.74 bits per heavy atom. The van der Waals surface area contributed by atoms with Gasteiger partial charge in [-0.3, -0.25) is 0 Å². The summed E-state index contributed by atoms with van der Waals surface area (Å²) in [4.78, 5) is 6.36. The summed E-state index contributed by atoms with van der Waals surface area (Å²) >= 11 is 0. The number of aromatic nitrogens is 1. The van der Waals surface area contributed by atoms with Gasteiger partial charge in [0.15, 0.2) is 23.0 Å². The van der Waals surface area contributed by atoms with Gasteiger partial charge in [-0.05, 0) is 44.4 Å². The number of nitrogens with zero attached hydrogens (tertiary/aromatic N) is 2. The number of sulfone groups is 1. The molecule has 1 aromatic heterocycles. The smallest absolute Gasteiger partial charge is 0.233 e. The number of oxazole rings is 1. The number of nitrogens with one attached hydrogen (secondary N) is 1. The molecule has 1 aliphatic heterocycles. The predicted octanol–water partition coefficient (Wildman–Crippen LogP) is 2.94. The Morgan fingerprint density at radius 3 is 2.44 bits per heavy atom. The summed E-state index contributed by atoms with van der Waals surface area (Å²) in [5.41, 5.74) is 0.539. The summed E-state index contributed by atoms with van der Waals surface area (Å²) in [6, 6.07) is 9.59. The zero-order valence-electron chi connectivity index (χ0n) is 19.5. The van der Waals surface area contributed by atoms with Crippen molar-refractivity contribution in [1.29, 1.82) is 0 Å². The molecule has 182 valence electrons. The maximum atomic E-state index is 13.6. The lowest BCUT2D eigenvalue weighted by molar-refractivity contribution is 0.171. The first-order valence-electron chi connectivity index (χ1n) is 10.6. The third-order valence-corrected chi connectivity index (χ3v) is 6.81. The average molecular weight is 490 g/mol. The maximum Gasteiger partial charge on any atom is 0.233 e. The van der Waals surface area contributed by atoms with Crippen LogP contribution in [0.3, 0.4) is 0 Å². The molecule has 1 aliphatic rings. The molecule has 0 bridgehead atoms. The van der Waals surface area contributed by atoms with E-state index in [2.05, 4.69) is 10.3 Å². The van der Waals surface area contributed by atoms with Crippen LogP contribution in [-0.4, -0.2) is 72.9 Å². The Labute approximate surface area is 198 Å². The Kier molecular flexibility index (Phi) is 6.85. The van der Waals surface area contributed by atoms with E-state index < -0.39 is 9.84 Å². The second kappa shape index (κ2) is 9.82. The molecular formula is C23H27N3O7S. The van der Waals surface area contributed by atoms with Crippen LogP contribution in [0.2, 0.25) is 0 Å². The highest BCUT2D eigenvalue weighted by atomic mass is 32.2. The molecule has 34 heavy (non-hydrogen) atoms. The summed E-state index contributed by atoms with van der Waals surface area (Å²) < 4.78 is 54.8. The van der Waals surface area contributed by atoms with Gasteiger partial charge in [0, 0.05) is 24.7 Å². The van der Waals surface area contributed by atoms with Crippen molar-refractivity contribution in [3.8, 4) is 34.5 Å². The molecule has 3 aromatic rings. The quantitative estimate of drug-likeness (QED) is 0.481. The van der Waals surface area contributed by atoms with E-state index in [0.717, 1.165) is 0 Å². The Hall–Kier alpha value is -3.44. The largest absolute Gasteiger partial charge is 0.493 e. The summed E-state index contributed by atoms with van der Waals surface area (Å²) in [6.45, 7) is 1.88. The lowest BCUT2D eigenvalue weighted by Crippen LogP contribution is -2.21. The van der Waals surface area contributed by atoms with Crippen molar-refractivity contribution in [2.75, 3.05) is 59.9 Å². The van der Waals surface area contributed by atoms with Gasteiger partial charge in [-0.1, -0.05) is 0 Å². The van der Waals surface area contributed by atoms with Crippen molar-refractivity contribution in [2.24, 2.45) is 0 Å². The summed E-state index contributed by atoms with van der Waals surface area (Å²) in [5, 5.41) is 2.85. The van der Waals surface area contributed by atoms with Gasteiger partial charge in [-0.25, -0.2) is 8.42 Å². The summed E-state index contributed by atoms with van der Waals surface area (Å²) in [7, 11) is 2.85. The highest BCUT2D eigenvalue weighted by molar-refractivity contribution is 7.91. The van der Waals surface area contributed by atoms with Crippen molar-refractivity contribution >= 4 is 15.7 Å². The van der Waals surface area contributed by atoms with Gasteiger partial charge in [0.2, 0.25) is 26.6 Å². The fourth-order valence-corrected chi connectivity index (χ4v) is 4.68. The van der Waals surface area contributed by atoms with Gasteiger partial charge in [0.1, 0.15) is 13.2 Å². The number of likely N-dealkylation sites (N-methyl/N-ethyl adjacent to an activating group) is 1. The maximum absolute atomic E-state index is 13.6. The highest BCUT2D eigenvalue weighted by Gasteiger charge is 2.30. The minimum atomic E-state index is -4.04. The molecule has 2 heterocycles. The first kappa shape index (κ1) is 23.7. The minimum absolute atomic E-state index is 0.0274. The van der Waals surface area contributed by atoms with Crippen LogP contribution < -0.4 is 24.3 Å². The topological polar surface area (TPSA) is 112 Å². The van der Waals surface area contributed by atoms with Crippen LogP contribution in [0.25, 0.3) is 11.5 Å². The van der Waals surface area contributed by atoms with E-state index in [1.165, 1.54) is 26.4 Å². The second-order valence-corrected chi connectivity index (χ2v) is 9.63. The molecule has 0 fully saturated rings. The lowest BCUT2D eigenvalue weighted by Gasteiger charge is -2.18. The molecule has 0 saturated carbocycles. The van der Waals surface area contributed by atoms with E-state index in [1.54, 1.807) is 24.3 Å². The first-order chi connectivity index (χ1) is 16.3. The van der Waals surface area contributed by atoms with Gasteiger partial charge < -0.3 is 33.6 Å². The SMILES string of the molecule is COc1ccc(-c2nc(S(=O)(=O)c3ccc4c(c3)OCCO4)c(NCCN(C)C)o2)cc1OC. The number of hydrogen-bond donors (Lipinski definition) is 1. The van der Waals surface area contributed by atoms with E-state index in [1.807, 2.05) is 19.0 Å². The van der Waals surface area contributed by atoms with E-state index in [0.29, 0.717) is 54.9 Å². The zero-order chi connectivity index (χ0) is 24.3. The molecule has 0 saturated heterocycles. The fraction of sp³-hybridized carbons (Fsp3) is 0.348. The molecule has 11 heteroatoms. The molecule has 4 rings (SSSR count). The fourth-order valence-electron chi connectivity index (χ4n) is 3.39. The third kappa shape index (κ3) is 4.75. The van der Waals surface area contributed by atoms with Crippen molar-refractivity contribution in [3.63, 3.8) is 0 Å². The Morgan fingerprint density at radius 1 is 1.00 bits per heavy atom. The van der Waals surface area contributed by atoms with Crippen molar-refractivity contribution < 1.29 is 31.8 Å². The van der Waals surface area contributed by atoms with Crippen molar-refractivity contribution in [2.45, 2.75) is 9.92 Å². The number of anilines is 1. The van der Waals surface area contributed by atoms with Crippen LogP contribution in [0.15, 0.2) is 50.7 Å². The van der Waals surface area contributed by atoms with E-state index in [4.69, 9.17) is 23.4 Å². The number of methoxy groups -OCH3 is 2. The number of hydrogen-bond acceptors (Lipinski definition) is 10. The molecule has 2 aromatic carbocycles. The molecular weight excluding hydrogens is 462 g/mol. The van der Waals surface area contributed by atoms with Crippen molar-refractivity contribution in [1.82, 2.24) is 9.88 Å². The number of fused-ring (bicyclic) bond motifs is 1. The van der Waals surface area contributed by atoms with Gasteiger partial charge in [0.25, 0.3) is 0 Å². The molecule has 0 amide bonds. The molecule has 10 nitrogen and oxygen atoms in total. The van der Waals surface area contributed by atoms with Crippen LogP contribution in [0.1, 0.15) is 0 Å². The van der Waals surface area contributed by atoms with Gasteiger partial charge in [-0.15, -0.1) is 0 Å². The molecule has 0 spiro atoms. The molecule has 1 N–H and O–H groups in total. The highest BCUT2D eigenvalue weighted by Crippen LogP contribution is 2.38. The summed E-state index contributed by atoms with van der Waals surface area (Å²) in [6.07, 6.45) is 0. The third-order valence-electron chi connectivity index (χ3n) is 5.15. The van der Waals surface area contributed by atoms with Crippen LogP contribution in [-0.2, 0) is 9.84 Å². The minimum Gasteiger partial charge on any atom is -0.493 e. The van der Waals surface area contributed by atoms with E-state index in [9.17, 15) is 8.42 Å². The number of rotatable bonds is 9. The van der Waals surface area contributed by atoms with Crippen molar-refractivity contribution in [3.05, 3.63) is 36.4 Å². The van der Waals surface area contributed by atoms with Crippen LogP contribution in [0.5, 0.6) is 23.0 Å². The average Bonchev–Trinajstić information content (AvgIpc) is 3.28. The normalized spacial score (nSPS) is 13.1. The van der Waals surface area contributed by atoms with Crippen LogP contribution in [0, 0.1) is 0 Å². The predicted molar refractivity (Wildman–Crippen MR) is 125 cm³/mol. The number of ether oxygens (including phenoxy) is 4. The molecule has 0 radical (unpaired) electrons. The zero-order valence-corrected chi connectivity index (χ0v) is 20.3. The lowest BCUT2D eigenvalue weighted by atomic mass is 10.2. The Balaban J connectivity index is 1.76. The monoisotopic (exact) mass is 489 g/mol. The number of benzene rings is 2. The second-order valence-electron chi connectivity index (χ2n) is 7.76. The molecule has 0 unspecified atom stereocenters. The Bertz CT molecular complexity index is 1270. The van der Waals surface area contributed by atoms with Gasteiger partial charge in [-0.2, -0.15) is 4.98 Å². The van der Waals surface area contributed by atoms with Crippen LogP contribution in [0.4, 0.5) is 5.88 Å². The van der Waals surface area contributed by atoms with Gasteiger partial charge >= 0.3 is 0 Å².